The standard InChI is InChI=1S/C11H12ClNO4/c1-7(11(15)16-6-10(13)14)17-9-4-2-8(12)3-5-9/h2-5,7H,6H2,1H3,(H2,13,14)/t7-/m1/s1. The Bertz CT molecular complexity index is 404. The normalized spacial score (nSPS) is 11.6. The maximum atomic E-state index is 11.3. The molecule has 17 heavy (non-hydrogen) atoms. The lowest BCUT2D eigenvalue weighted by molar-refractivity contribution is -0.154. The van der Waals surface area contributed by atoms with Gasteiger partial charge in [-0.2, -0.15) is 0 Å². The Morgan fingerprint density at radius 2 is 1.94 bits per heavy atom. The molecule has 0 saturated heterocycles. The molecule has 92 valence electrons. The van der Waals surface area contributed by atoms with Crippen LogP contribution in [0.5, 0.6) is 5.75 Å². The Morgan fingerprint density at radius 3 is 2.47 bits per heavy atom. The molecule has 1 aromatic carbocycles. The molecule has 0 radical (unpaired) electrons. The zero-order valence-electron chi connectivity index (χ0n) is 9.18. The van der Waals surface area contributed by atoms with Gasteiger partial charge in [0, 0.05) is 5.02 Å². The van der Waals surface area contributed by atoms with E-state index in [1.54, 1.807) is 24.3 Å². The number of carbonyl (C=O) groups excluding carboxylic acids is 2. The van der Waals surface area contributed by atoms with Crippen molar-refractivity contribution in [2.75, 3.05) is 6.61 Å². The molecule has 6 heteroatoms. The zero-order chi connectivity index (χ0) is 12.8. The van der Waals surface area contributed by atoms with Gasteiger partial charge in [0.2, 0.25) is 0 Å². The first-order chi connectivity index (χ1) is 7.99. The van der Waals surface area contributed by atoms with Crippen LogP contribution in [0.3, 0.4) is 0 Å². The van der Waals surface area contributed by atoms with Crippen LogP contribution in [0.15, 0.2) is 24.3 Å². The lowest BCUT2D eigenvalue weighted by Gasteiger charge is -2.13. The Balaban J connectivity index is 2.48. The van der Waals surface area contributed by atoms with Crippen molar-refractivity contribution in [1.82, 2.24) is 0 Å². The summed E-state index contributed by atoms with van der Waals surface area (Å²) in [7, 11) is 0. The molecule has 0 spiro atoms. The predicted octanol–water partition coefficient (Wildman–Crippen LogP) is 1.14. The molecule has 0 heterocycles. The van der Waals surface area contributed by atoms with Gasteiger partial charge >= 0.3 is 5.97 Å². The number of carbonyl (C=O) groups is 2. The second-order valence-electron chi connectivity index (χ2n) is 3.29. The molecule has 0 unspecified atom stereocenters. The van der Waals surface area contributed by atoms with Crippen molar-refractivity contribution in [1.29, 1.82) is 0 Å². The SMILES string of the molecule is C[C@@H](Oc1ccc(Cl)cc1)C(=O)OCC(N)=O. The summed E-state index contributed by atoms with van der Waals surface area (Å²) >= 11 is 5.70. The summed E-state index contributed by atoms with van der Waals surface area (Å²) in [4.78, 5) is 21.7. The van der Waals surface area contributed by atoms with Crippen molar-refractivity contribution in [2.45, 2.75) is 13.0 Å². The Kier molecular flexibility index (Phi) is 4.78. The largest absolute Gasteiger partial charge is 0.479 e. The minimum Gasteiger partial charge on any atom is -0.479 e. The summed E-state index contributed by atoms with van der Waals surface area (Å²) in [6.07, 6.45) is -0.824. The summed E-state index contributed by atoms with van der Waals surface area (Å²) in [5.41, 5.74) is 4.84. The number of benzene rings is 1. The van der Waals surface area contributed by atoms with Crippen LogP contribution in [0.1, 0.15) is 6.92 Å². The van der Waals surface area contributed by atoms with Gasteiger partial charge in [-0.05, 0) is 31.2 Å². The summed E-state index contributed by atoms with van der Waals surface area (Å²) in [6, 6.07) is 6.52. The van der Waals surface area contributed by atoms with Crippen LogP contribution >= 0.6 is 11.6 Å². The van der Waals surface area contributed by atoms with E-state index in [2.05, 4.69) is 4.74 Å². The second-order valence-corrected chi connectivity index (χ2v) is 3.72. The molecule has 0 bridgehead atoms. The van der Waals surface area contributed by atoms with Crippen molar-refractivity contribution in [3.05, 3.63) is 29.3 Å². The number of halogens is 1. The quantitative estimate of drug-likeness (QED) is 0.802. The number of nitrogens with two attached hydrogens (primary N) is 1. The summed E-state index contributed by atoms with van der Waals surface area (Å²) in [6.45, 7) is 1.06. The van der Waals surface area contributed by atoms with Gasteiger partial charge in [-0.1, -0.05) is 11.6 Å². The van der Waals surface area contributed by atoms with Gasteiger partial charge in [-0.3, -0.25) is 4.79 Å². The molecule has 1 amide bonds. The fraction of sp³-hybridized carbons (Fsp3) is 0.273. The first kappa shape index (κ1) is 13.3. The van der Waals surface area contributed by atoms with Crippen molar-refractivity contribution in [2.24, 2.45) is 5.73 Å². The van der Waals surface area contributed by atoms with Crippen molar-refractivity contribution in [3.63, 3.8) is 0 Å². The highest BCUT2D eigenvalue weighted by molar-refractivity contribution is 6.30. The number of rotatable bonds is 5. The van der Waals surface area contributed by atoms with Crippen molar-refractivity contribution >= 4 is 23.5 Å². The smallest absolute Gasteiger partial charge is 0.347 e. The summed E-state index contributed by atoms with van der Waals surface area (Å²) < 4.78 is 9.87. The molecule has 0 fully saturated rings. The average Bonchev–Trinajstić information content (AvgIpc) is 2.28. The van der Waals surface area contributed by atoms with Crippen LogP contribution in [0, 0.1) is 0 Å². The first-order valence-corrected chi connectivity index (χ1v) is 5.24. The molecule has 2 N–H and O–H groups in total. The lowest BCUT2D eigenvalue weighted by Crippen LogP contribution is -2.29. The molecule has 5 nitrogen and oxygen atoms in total. The number of amides is 1. The van der Waals surface area contributed by atoms with E-state index in [0.29, 0.717) is 10.8 Å². The Hall–Kier alpha value is -1.75. The van der Waals surface area contributed by atoms with Crippen LogP contribution in [-0.4, -0.2) is 24.6 Å². The van der Waals surface area contributed by atoms with Crippen LogP contribution < -0.4 is 10.5 Å². The van der Waals surface area contributed by atoms with Gasteiger partial charge in [0.15, 0.2) is 12.7 Å². The Labute approximate surface area is 103 Å². The third kappa shape index (κ3) is 4.74. The van der Waals surface area contributed by atoms with E-state index in [-0.39, 0.29) is 0 Å². The average molecular weight is 258 g/mol. The fourth-order valence-corrected chi connectivity index (χ4v) is 1.15. The Morgan fingerprint density at radius 1 is 1.35 bits per heavy atom. The van der Waals surface area contributed by atoms with Crippen LogP contribution in [0.25, 0.3) is 0 Å². The third-order valence-corrected chi connectivity index (χ3v) is 2.07. The topological polar surface area (TPSA) is 78.6 Å². The predicted molar refractivity (Wildman–Crippen MR) is 61.7 cm³/mol. The molecular formula is C11H12ClNO4. The highest BCUT2D eigenvalue weighted by Gasteiger charge is 2.16. The highest BCUT2D eigenvalue weighted by Crippen LogP contribution is 2.16. The van der Waals surface area contributed by atoms with Crippen molar-refractivity contribution < 1.29 is 19.1 Å². The molecule has 1 aromatic rings. The molecule has 0 aliphatic carbocycles. The molecule has 1 atom stereocenters. The maximum Gasteiger partial charge on any atom is 0.347 e. The van der Waals surface area contributed by atoms with E-state index in [0.717, 1.165) is 0 Å². The molecule has 0 aromatic heterocycles. The minimum absolute atomic E-state index is 0.451. The van der Waals surface area contributed by atoms with Crippen LogP contribution in [0.4, 0.5) is 0 Å². The van der Waals surface area contributed by atoms with E-state index < -0.39 is 24.6 Å². The zero-order valence-corrected chi connectivity index (χ0v) is 9.94. The van der Waals surface area contributed by atoms with Gasteiger partial charge in [0.25, 0.3) is 5.91 Å². The van der Waals surface area contributed by atoms with E-state index in [1.807, 2.05) is 0 Å². The molecule has 0 saturated carbocycles. The molecular weight excluding hydrogens is 246 g/mol. The molecule has 0 aliphatic heterocycles. The van der Waals surface area contributed by atoms with Crippen LogP contribution in [-0.2, 0) is 14.3 Å². The van der Waals surface area contributed by atoms with Crippen LogP contribution in [0.2, 0.25) is 5.02 Å². The van der Waals surface area contributed by atoms with Gasteiger partial charge in [0.05, 0.1) is 0 Å². The first-order valence-electron chi connectivity index (χ1n) is 4.86. The second kappa shape index (κ2) is 6.10. The van der Waals surface area contributed by atoms with Crippen molar-refractivity contribution in [3.8, 4) is 5.75 Å². The van der Waals surface area contributed by atoms with E-state index >= 15 is 0 Å². The third-order valence-electron chi connectivity index (χ3n) is 1.82. The highest BCUT2D eigenvalue weighted by atomic mass is 35.5. The van der Waals surface area contributed by atoms with E-state index in [4.69, 9.17) is 22.1 Å². The maximum absolute atomic E-state index is 11.3. The monoisotopic (exact) mass is 257 g/mol. The van der Waals surface area contributed by atoms with E-state index in [1.165, 1.54) is 6.92 Å². The van der Waals surface area contributed by atoms with Gasteiger partial charge < -0.3 is 15.2 Å². The number of esters is 1. The van der Waals surface area contributed by atoms with Gasteiger partial charge in [-0.15, -0.1) is 0 Å². The summed E-state index contributed by atoms with van der Waals surface area (Å²) in [5.74, 6) is -0.881. The number of primary amides is 1. The van der Waals surface area contributed by atoms with Gasteiger partial charge in [0.1, 0.15) is 5.75 Å². The lowest BCUT2D eigenvalue weighted by atomic mass is 10.3. The number of ether oxygens (including phenoxy) is 2. The number of hydrogen-bond donors (Lipinski definition) is 1. The van der Waals surface area contributed by atoms with Gasteiger partial charge in [-0.25, -0.2) is 4.79 Å². The van der Waals surface area contributed by atoms with E-state index in [9.17, 15) is 9.59 Å². The molecule has 1 rings (SSSR count). The summed E-state index contributed by atoms with van der Waals surface area (Å²) in [5, 5.41) is 0.571. The number of hydrogen-bond acceptors (Lipinski definition) is 4. The molecule has 0 aliphatic rings. The fourth-order valence-electron chi connectivity index (χ4n) is 1.03. The minimum atomic E-state index is -0.824.